The quantitative estimate of drug-likeness (QED) is 0.750. The Morgan fingerprint density at radius 1 is 1.29 bits per heavy atom. The molecule has 0 unspecified atom stereocenters. The summed E-state index contributed by atoms with van der Waals surface area (Å²) in [6.45, 7) is 4.56. The summed E-state index contributed by atoms with van der Waals surface area (Å²) in [7, 11) is 0. The second-order valence-electron chi connectivity index (χ2n) is 4.32. The second kappa shape index (κ2) is 3.92. The number of rotatable bonds is 1. The summed E-state index contributed by atoms with van der Waals surface area (Å²) in [5.41, 5.74) is 1.70. The molecule has 0 spiro atoms. The zero-order valence-electron chi connectivity index (χ0n) is 8.52. The molecule has 1 aliphatic heterocycles. The zero-order chi connectivity index (χ0) is 10.0. The Morgan fingerprint density at radius 3 is 2.64 bits per heavy atom. The first-order chi connectivity index (χ1) is 6.71. The maximum atomic E-state index is 6.01. The van der Waals surface area contributed by atoms with Crippen LogP contribution in [-0.4, -0.2) is 13.1 Å². The molecule has 1 fully saturated rings. The summed E-state index contributed by atoms with van der Waals surface area (Å²) in [5.74, 6) is 0. The molecule has 0 aliphatic carbocycles. The van der Waals surface area contributed by atoms with E-state index in [1.807, 2.05) is 12.1 Å². The van der Waals surface area contributed by atoms with Crippen molar-refractivity contribution in [3.63, 3.8) is 0 Å². The minimum atomic E-state index is 0.316. The normalized spacial score (nSPS) is 20.7. The topological polar surface area (TPSA) is 12.0 Å². The van der Waals surface area contributed by atoms with Gasteiger partial charge >= 0.3 is 0 Å². The van der Waals surface area contributed by atoms with Gasteiger partial charge in [0, 0.05) is 5.02 Å². The smallest absolute Gasteiger partial charge is 0.0408 e. The average Bonchev–Trinajstić information content (AvgIpc) is 2.19. The third-order valence-corrected chi connectivity index (χ3v) is 3.46. The minimum Gasteiger partial charge on any atom is -0.317 e. The summed E-state index contributed by atoms with van der Waals surface area (Å²) in [5, 5.41) is 4.24. The molecule has 0 amide bonds. The molecule has 1 aliphatic rings. The Labute approximate surface area is 90.5 Å². The molecule has 0 bridgehead atoms. The lowest BCUT2D eigenvalue weighted by atomic mass is 9.75. The molecule has 14 heavy (non-hydrogen) atoms. The van der Waals surface area contributed by atoms with Crippen LogP contribution in [0.4, 0.5) is 0 Å². The van der Waals surface area contributed by atoms with E-state index >= 15 is 0 Å². The Morgan fingerprint density at radius 2 is 2.00 bits per heavy atom. The fourth-order valence-corrected chi connectivity index (χ4v) is 2.32. The maximum absolute atomic E-state index is 6.01. The predicted octanol–water partition coefficient (Wildman–Crippen LogP) is 2.98. The van der Waals surface area contributed by atoms with Crippen LogP contribution in [0.2, 0.25) is 5.02 Å². The lowest BCUT2D eigenvalue weighted by Gasteiger charge is -2.34. The number of hydrogen-bond acceptors (Lipinski definition) is 1. The van der Waals surface area contributed by atoms with Gasteiger partial charge in [-0.15, -0.1) is 0 Å². The van der Waals surface area contributed by atoms with Crippen molar-refractivity contribution in [2.75, 3.05) is 13.1 Å². The van der Waals surface area contributed by atoms with E-state index in [2.05, 4.69) is 24.4 Å². The zero-order valence-corrected chi connectivity index (χ0v) is 9.27. The molecule has 0 saturated carbocycles. The first-order valence-electron chi connectivity index (χ1n) is 5.17. The highest BCUT2D eigenvalue weighted by Crippen LogP contribution is 2.33. The molecule has 1 heterocycles. The molecular formula is C12H16ClN. The molecule has 2 rings (SSSR count). The third-order valence-electron chi connectivity index (χ3n) is 3.23. The third kappa shape index (κ3) is 1.94. The van der Waals surface area contributed by atoms with E-state index in [1.54, 1.807) is 0 Å². The van der Waals surface area contributed by atoms with Crippen LogP contribution < -0.4 is 5.32 Å². The van der Waals surface area contributed by atoms with Crippen molar-refractivity contribution in [1.29, 1.82) is 0 Å². The fraction of sp³-hybridized carbons (Fsp3) is 0.500. The van der Waals surface area contributed by atoms with Crippen LogP contribution in [0.15, 0.2) is 24.3 Å². The van der Waals surface area contributed by atoms with Gasteiger partial charge in [0.1, 0.15) is 0 Å². The molecular weight excluding hydrogens is 194 g/mol. The van der Waals surface area contributed by atoms with Gasteiger partial charge in [-0.3, -0.25) is 0 Å². The van der Waals surface area contributed by atoms with E-state index in [1.165, 1.54) is 18.4 Å². The summed E-state index contributed by atoms with van der Waals surface area (Å²) in [4.78, 5) is 0. The van der Waals surface area contributed by atoms with E-state index in [0.717, 1.165) is 18.1 Å². The predicted molar refractivity (Wildman–Crippen MR) is 60.9 cm³/mol. The summed E-state index contributed by atoms with van der Waals surface area (Å²) in [6.07, 6.45) is 2.40. The summed E-state index contributed by atoms with van der Waals surface area (Å²) >= 11 is 6.01. The van der Waals surface area contributed by atoms with Crippen LogP contribution in [0.25, 0.3) is 0 Å². The van der Waals surface area contributed by atoms with E-state index in [9.17, 15) is 0 Å². The van der Waals surface area contributed by atoms with Crippen LogP contribution in [0, 0.1) is 0 Å². The average molecular weight is 210 g/mol. The fourth-order valence-electron chi connectivity index (χ4n) is 2.13. The van der Waals surface area contributed by atoms with Gasteiger partial charge in [-0.05, 0) is 49.0 Å². The van der Waals surface area contributed by atoms with Gasteiger partial charge in [-0.25, -0.2) is 0 Å². The second-order valence-corrected chi connectivity index (χ2v) is 4.76. The van der Waals surface area contributed by atoms with Gasteiger partial charge in [-0.1, -0.05) is 30.7 Å². The first kappa shape index (κ1) is 10.0. The highest BCUT2D eigenvalue weighted by molar-refractivity contribution is 6.30. The SMILES string of the molecule is CC1(c2cccc(Cl)c2)CCNCC1. The van der Waals surface area contributed by atoms with Crippen LogP contribution in [-0.2, 0) is 5.41 Å². The van der Waals surface area contributed by atoms with Crippen LogP contribution in [0.5, 0.6) is 0 Å². The van der Waals surface area contributed by atoms with Gasteiger partial charge in [0.05, 0.1) is 0 Å². The highest BCUT2D eigenvalue weighted by atomic mass is 35.5. The molecule has 1 saturated heterocycles. The number of halogens is 1. The van der Waals surface area contributed by atoms with Gasteiger partial charge < -0.3 is 5.32 Å². The summed E-state index contributed by atoms with van der Waals surface area (Å²) < 4.78 is 0. The van der Waals surface area contributed by atoms with Crippen molar-refractivity contribution in [3.8, 4) is 0 Å². The van der Waals surface area contributed by atoms with E-state index in [-0.39, 0.29) is 0 Å². The lowest BCUT2D eigenvalue weighted by Crippen LogP contribution is -2.37. The van der Waals surface area contributed by atoms with Crippen molar-refractivity contribution in [2.45, 2.75) is 25.2 Å². The maximum Gasteiger partial charge on any atom is 0.0408 e. The Balaban J connectivity index is 2.28. The van der Waals surface area contributed by atoms with Crippen LogP contribution in [0.1, 0.15) is 25.3 Å². The van der Waals surface area contributed by atoms with E-state index in [4.69, 9.17) is 11.6 Å². The van der Waals surface area contributed by atoms with Gasteiger partial charge in [0.15, 0.2) is 0 Å². The van der Waals surface area contributed by atoms with Crippen LogP contribution in [0.3, 0.4) is 0 Å². The molecule has 1 aromatic rings. The monoisotopic (exact) mass is 209 g/mol. The number of piperidine rings is 1. The van der Waals surface area contributed by atoms with Gasteiger partial charge in [0.25, 0.3) is 0 Å². The van der Waals surface area contributed by atoms with E-state index < -0.39 is 0 Å². The molecule has 1 N–H and O–H groups in total. The number of hydrogen-bond donors (Lipinski definition) is 1. The molecule has 0 aromatic heterocycles. The standard InChI is InChI=1S/C12H16ClN/c1-12(5-7-14-8-6-12)10-3-2-4-11(13)9-10/h2-4,9,14H,5-8H2,1H3. The molecule has 1 nitrogen and oxygen atoms in total. The van der Waals surface area contributed by atoms with Gasteiger partial charge in [-0.2, -0.15) is 0 Å². The van der Waals surface area contributed by atoms with Crippen molar-refractivity contribution < 1.29 is 0 Å². The van der Waals surface area contributed by atoms with Crippen molar-refractivity contribution in [2.24, 2.45) is 0 Å². The molecule has 2 heteroatoms. The summed E-state index contributed by atoms with van der Waals surface area (Å²) in [6, 6.07) is 8.28. The first-order valence-corrected chi connectivity index (χ1v) is 5.55. The van der Waals surface area contributed by atoms with Gasteiger partial charge in [0.2, 0.25) is 0 Å². The molecule has 0 atom stereocenters. The van der Waals surface area contributed by atoms with E-state index in [0.29, 0.717) is 5.41 Å². The Hall–Kier alpha value is -0.530. The molecule has 0 radical (unpaired) electrons. The lowest BCUT2D eigenvalue weighted by molar-refractivity contribution is 0.335. The van der Waals surface area contributed by atoms with Crippen LogP contribution >= 0.6 is 11.6 Å². The minimum absolute atomic E-state index is 0.316. The molecule has 76 valence electrons. The van der Waals surface area contributed by atoms with Crippen molar-refractivity contribution in [3.05, 3.63) is 34.9 Å². The largest absolute Gasteiger partial charge is 0.317 e. The Bertz CT molecular complexity index is 316. The van der Waals surface area contributed by atoms with Crippen molar-refractivity contribution >= 4 is 11.6 Å². The number of benzene rings is 1. The molecule has 1 aromatic carbocycles. The van der Waals surface area contributed by atoms with Crippen molar-refractivity contribution in [1.82, 2.24) is 5.32 Å². The highest BCUT2D eigenvalue weighted by Gasteiger charge is 2.28. The Kier molecular flexibility index (Phi) is 2.80. The number of nitrogens with one attached hydrogen (secondary N) is 1.